The van der Waals surface area contributed by atoms with E-state index in [9.17, 15) is 4.79 Å². The predicted molar refractivity (Wildman–Crippen MR) is 74.1 cm³/mol. The van der Waals surface area contributed by atoms with Crippen molar-refractivity contribution >= 4 is 5.91 Å². The Morgan fingerprint density at radius 1 is 1.44 bits per heavy atom. The lowest BCUT2D eigenvalue weighted by atomic mass is 9.88. The minimum absolute atomic E-state index is 0.279. The van der Waals surface area contributed by atoms with Crippen LogP contribution in [0.2, 0.25) is 0 Å². The lowest BCUT2D eigenvalue weighted by molar-refractivity contribution is -0.136. The number of piperidine rings is 1. The van der Waals surface area contributed by atoms with Gasteiger partial charge >= 0.3 is 0 Å². The lowest BCUT2D eigenvalue weighted by Gasteiger charge is -2.39. The van der Waals surface area contributed by atoms with Crippen LogP contribution in [0.3, 0.4) is 0 Å². The van der Waals surface area contributed by atoms with Crippen molar-refractivity contribution in [3.05, 3.63) is 12.2 Å². The molecule has 3 atom stereocenters. The second-order valence-electron chi connectivity index (χ2n) is 5.75. The molecule has 0 aromatic heterocycles. The van der Waals surface area contributed by atoms with E-state index < -0.39 is 0 Å². The molecule has 0 bridgehead atoms. The number of hydrogen-bond donors (Lipinski definition) is 1. The summed E-state index contributed by atoms with van der Waals surface area (Å²) in [5, 5.41) is 0. The highest BCUT2D eigenvalue weighted by Gasteiger charge is 2.30. The Morgan fingerprint density at radius 2 is 2.28 bits per heavy atom. The summed E-state index contributed by atoms with van der Waals surface area (Å²) in [7, 11) is 0. The lowest BCUT2D eigenvalue weighted by Crippen LogP contribution is -2.49. The zero-order chi connectivity index (χ0) is 13.0. The van der Waals surface area contributed by atoms with Crippen molar-refractivity contribution < 1.29 is 4.79 Å². The van der Waals surface area contributed by atoms with E-state index in [0.717, 1.165) is 38.1 Å². The third kappa shape index (κ3) is 3.14. The van der Waals surface area contributed by atoms with Crippen LogP contribution in [-0.2, 0) is 4.79 Å². The average Bonchev–Trinajstić information content (AvgIpc) is 2.90. The molecule has 0 aromatic rings. The van der Waals surface area contributed by atoms with E-state index in [1.807, 2.05) is 0 Å². The van der Waals surface area contributed by atoms with E-state index >= 15 is 0 Å². The predicted octanol–water partition coefficient (Wildman–Crippen LogP) is 2.32. The molecule has 1 heterocycles. The Hall–Kier alpha value is -0.830. The normalized spacial score (nSPS) is 31.9. The molecule has 2 N–H and O–H groups in total. The van der Waals surface area contributed by atoms with Gasteiger partial charge in [0, 0.05) is 25.6 Å². The summed E-state index contributed by atoms with van der Waals surface area (Å²) >= 11 is 0. The standard InChI is InChI=1S/C15H26N2O/c1-2-12-7-8-17(14(9-12)11-16)15(18)10-13-5-3-4-6-13/h3,5,12-14H,2,4,6-11,16H2,1H3. The molecule has 3 nitrogen and oxygen atoms in total. The molecular formula is C15H26N2O. The fourth-order valence-corrected chi connectivity index (χ4v) is 3.26. The van der Waals surface area contributed by atoms with Gasteiger partial charge in [0.05, 0.1) is 0 Å². The quantitative estimate of drug-likeness (QED) is 0.778. The molecule has 18 heavy (non-hydrogen) atoms. The Kier molecular flexibility index (Phi) is 4.81. The van der Waals surface area contributed by atoms with Crippen molar-refractivity contribution in [2.45, 2.75) is 51.5 Å². The molecule has 2 rings (SSSR count). The third-order valence-corrected chi connectivity index (χ3v) is 4.54. The molecule has 0 aromatic carbocycles. The Morgan fingerprint density at radius 3 is 2.89 bits per heavy atom. The molecule has 102 valence electrons. The van der Waals surface area contributed by atoms with E-state index in [2.05, 4.69) is 24.0 Å². The van der Waals surface area contributed by atoms with Gasteiger partial charge in [-0.3, -0.25) is 4.79 Å². The molecule has 2 aliphatic rings. The number of carbonyl (C=O) groups is 1. The van der Waals surface area contributed by atoms with Gasteiger partial charge < -0.3 is 10.6 Å². The van der Waals surface area contributed by atoms with E-state index in [1.165, 1.54) is 6.42 Å². The van der Waals surface area contributed by atoms with E-state index in [1.54, 1.807) is 0 Å². The second kappa shape index (κ2) is 6.37. The zero-order valence-electron chi connectivity index (χ0n) is 11.5. The maximum atomic E-state index is 12.4. The summed E-state index contributed by atoms with van der Waals surface area (Å²) in [6, 6.07) is 0.279. The first-order valence-electron chi connectivity index (χ1n) is 7.40. The highest BCUT2D eigenvalue weighted by molar-refractivity contribution is 5.77. The van der Waals surface area contributed by atoms with Crippen molar-refractivity contribution in [1.82, 2.24) is 4.90 Å². The van der Waals surface area contributed by atoms with Crippen LogP contribution in [-0.4, -0.2) is 29.9 Å². The third-order valence-electron chi connectivity index (χ3n) is 4.54. The van der Waals surface area contributed by atoms with Gasteiger partial charge in [0.15, 0.2) is 0 Å². The van der Waals surface area contributed by atoms with Crippen LogP contribution in [0.4, 0.5) is 0 Å². The van der Waals surface area contributed by atoms with Crippen molar-refractivity contribution in [2.24, 2.45) is 17.6 Å². The number of likely N-dealkylation sites (tertiary alicyclic amines) is 1. The molecule has 3 unspecified atom stereocenters. The van der Waals surface area contributed by atoms with Crippen LogP contribution in [0, 0.1) is 11.8 Å². The molecule has 0 saturated carbocycles. The Labute approximate surface area is 110 Å². The fourth-order valence-electron chi connectivity index (χ4n) is 3.26. The molecule has 1 aliphatic carbocycles. The first-order valence-corrected chi connectivity index (χ1v) is 7.40. The van der Waals surface area contributed by atoms with E-state index in [-0.39, 0.29) is 6.04 Å². The molecule has 1 fully saturated rings. The van der Waals surface area contributed by atoms with Crippen molar-refractivity contribution in [2.75, 3.05) is 13.1 Å². The summed E-state index contributed by atoms with van der Waals surface area (Å²) in [6.07, 6.45) is 10.8. The zero-order valence-corrected chi connectivity index (χ0v) is 11.5. The number of rotatable bonds is 4. The largest absolute Gasteiger partial charge is 0.338 e. The molecule has 0 spiro atoms. The Balaban J connectivity index is 1.89. The van der Waals surface area contributed by atoms with E-state index in [4.69, 9.17) is 5.73 Å². The van der Waals surface area contributed by atoms with Crippen molar-refractivity contribution in [3.63, 3.8) is 0 Å². The highest BCUT2D eigenvalue weighted by Crippen LogP contribution is 2.27. The summed E-state index contributed by atoms with van der Waals surface area (Å²) in [5.74, 6) is 1.55. The van der Waals surface area contributed by atoms with Crippen LogP contribution in [0.15, 0.2) is 12.2 Å². The van der Waals surface area contributed by atoms with Crippen LogP contribution in [0.25, 0.3) is 0 Å². The molecule has 1 saturated heterocycles. The first-order chi connectivity index (χ1) is 8.74. The topological polar surface area (TPSA) is 46.3 Å². The van der Waals surface area contributed by atoms with Crippen LogP contribution >= 0.6 is 0 Å². The number of nitrogens with zero attached hydrogens (tertiary/aromatic N) is 1. The second-order valence-corrected chi connectivity index (χ2v) is 5.75. The van der Waals surface area contributed by atoms with E-state index in [0.29, 0.717) is 24.8 Å². The molecule has 1 amide bonds. The first kappa shape index (κ1) is 13.6. The molecule has 3 heteroatoms. The molecule has 0 radical (unpaired) electrons. The monoisotopic (exact) mass is 250 g/mol. The number of allylic oxidation sites excluding steroid dienone is 2. The van der Waals surface area contributed by atoms with Gasteiger partial charge in [-0.15, -0.1) is 0 Å². The fraction of sp³-hybridized carbons (Fsp3) is 0.800. The van der Waals surface area contributed by atoms with Gasteiger partial charge in [-0.2, -0.15) is 0 Å². The van der Waals surface area contributed by atoms with Crippen molar-refractivity contribution in [1.29, 1.82) is 0 Å². The van der Waals surface area contributed by atoms with Gasteiger partial charge in [0.25, 0.3) is 0 Å². The highest BCUT2D eigenvalue weighted by atomic mass is 16.2. The molecule has 1 aliphatic heterocycles. The summed E-state index contributed by atoms with van der Waals surface area (Å²) in [5.41, 5.74) is 5.85. The smallest absolute Gasteiger partial charge is 0.223 e. The Bertz CT molecular complexity index is 314. The van der Waals surface area contributed by atoms with Crippen LogP contribution in [0.1, 0.15) is 45.4 Å². The maximum Gasteiger partial charge on any atom is 0.223 e. The van der Waals surface area contributed by atoms with Gasteiger partial charge in [-0.25, -0.2) is 0 Å². The number of carbonyl (C=O) groups excluding carboxylic acids is 1. The van der Waals surface area contributed by atoms with Gasteiger partial charge in [0.1, 0.15) is 0 Å². The minimum Gasteiger partial charge on any atom is -0.338 e. The number of hydrogen-bond acceptors (Lipinski definition) is 2. The number of nitrogens with two attached hydrogens (primary N) is 1. The maximum absolute atomic E-state index is 12.4. The summed E-state index contributed by atoms with van der Waals surface area (Å²) in [4.78, 5) is 14.4. The average molecular weight is 250 g/mol. The van der Waals surface area contributed by atoms with Gasteiger partial charge in [0.2, 0.25) is 5.91 Å². The van der Waals surface area contributed by atoms with Gasteiger partial charge in [-0.1, -0.05) is 25.5 Å². The van der Waals surface area contributed by atoms with Crippen LogP contribution < -0.4 is 5.73 Å². The summed E-state index contributed by atoms with van der Waals surface area (Å²) in [6.45, 7) is 3.76. The van der Waals surface area contributed by atoms with Crippen LogP contribution in [0.5, 0.6) is 0 Å². The summed E-state index contributed by atoms with van der Waals surface area (Å²) < 4.78 is 0. The van der Waals surface area contributed by atoms with Crippen molar-refractivity contribution in [3.8, 4) is 0 Å². The molecular weight excluding hydrogens is 224 g/mol. The minimum atomic E-state index is 0.279. The van der Waals surface area contributed by atoms with Gasteiger partial charge in [-0.05, 0) is 37.5 Å². The number of amides is 1. The SMILES string of the molecule is CCC1CCN(C(=O)CC2C=CCC2)C(CN)C1.